The van der Waals surface area contributed by atoms with Crippen LogP contribution in [0, 0.1) is 0 Å². The van der Waals surface area contributed by atoms with E-state index in [0.29, 0.717) is 0 Å². The van der Waals surface area contributed by atoms with Gasteiger partial charge in [-0.25, -0.2) is 9.67 Å². The zero-order valence-corrected chi connectivity index (χ0v) is 16.3. The third-order valence-corrected chi connectivity index (χ3v) is 5.97. The summed E-state index contributed by atoms with van der Waals surface area (Å²) in [4.78, 5) is 14.1. The molecule has 136 valence electrons. The Bertz CT molecular complexity index is 1310. The van der Waals surface area contributed by atoms with Gasteiger partial charge in [0.1, 0.15) is 0 Å². The molecule has 28 heavy (non-hydrogen) atoms. The second-order valence-electron chi connectivity index (χ2n) is 6.05. The van der Waals surface area contributed by atoms with Crippen LogP contribution < -0.4 is 4.80 Å². The van der Waals surface area contributed by atoms with E-state index in [9.17, 15) is 0 Å². The number of nitrogens with zero attached hydrogens (tertiary/aromatic N) is 4. The number of nitrogens with one attached hydrogen (secondary N) is 1. The van der Waals surface area contributed by atoms with Crippen molar-refractivity contribution in [3.63, 3.8) is 0 Å². The molecule has 0 saturated carbocycles. The van der Waals surface area contributed by atoms with Crippen molar-refractivity contribution in [3.05, 3.63) is 88.2 Å². The predicted molar refractivity (Wildman–Crippen MR) is 116 cm³/mol. The highest BCUT2D eigenvalue weighted by Gasteiger charge is 2.09. The molecule has 0 saturated heterocycles. The van der Waals surface area contributed by atoms with E-state index in [1.807, 2.05) is 47.4 Å². The van der Waals surface area contributed by atoms with Crippen LogP contribution in [0.3, 0.4) is 0 Å². The van der Waals surface area contributed by atoms with Crippen LogP contribution in [0.25, 0.3) is 21.5 Å². The summed E-state index contributed by atoms with van der Waals surface area (Å²) in [5, 5.41) is 10.1. The summed E-state index contributed by atoms with van der Waals surface area (Å²) in [5.41, 5.74) is 3.97. The first-order chi connectivity index (χ1) is 13.9. The van der Waals surface area contributed by atoms with Crippen LogP contribution in [-0.2, 0) is 0 Å². The van der Waals surface area contributed by atoms with Gasteiger partial charge in [-0.2, -0.15) is 5.10 Å². The Morgan fingerprint density at radius 1 is 1.04 bits per heavy atom. The van der Waals surface area contributed by atoms with Crippen molar-refractivity contribution >= 4 is 45.5 Å². The number of para-hydroxylation sites is 1. The molecule has 4 aromatic heterocycles. The van der Waals surface area contributed by atoms with Gasteiger partial charge in [0, 0.05) is 34.2 Å². The van der Waals surface area contributed by atoms with E-state index in [2.05, 4.69) is 38.9 Å². The van der Waals surface area contributed by atoms with Gasteiger partial charge in [-0.05, 0) is 29.6 Å². The monoisotopic (exact) mass is 401 g/mol. The fraction of sp³-hybridized carbons (Fsp3) is 0. The fourth-order valence-electron chi connectivity index (χ4n) is 2.93. The minimum Gasteiger partial charge on any atom is -0.361 e. The Kier molecular flexibility index (Phi) is 4.44. The highest BCUT2D eigenvalue weighted by atomic mass is 32.1. The number of benzene rings is 1. The van der Waals surface area contributed by atoms with E-state index >= 15 is 0 Å². The lowest BCUT2D eigenvalue weighted by molar-refractivity contribution is 0.856. The van der Waals surface area contributed by atoms with Gasteiger partial charge in [-0.15, -0.1) is 22.7 Å². The van der Waals surface area contributed by atoms with Crippen LogP contribution in [-0.4, -0.2) is 20.9 Å². The predicted octanol–water partition coefficient (Wildman–Crippen LogP) is 5.27. The van der Waals surface area contributed by atoms with Crippen LogP contribution >= 0.6 is 22.7 Å². The number of pyridine rings is 1. The van der Waals surface area contributed by atoms with Gasteiger partial charge < -0.3 is 4.98 Å². The molecule has 0 bridgehead atoms. The molecule has 0 aliphatic rings. The first-order valence-corrected chi connectivity index (χ1v) is 10.4. The van der Waals surface area contributed by atoms with E-state index in [1.165, 1.54) is 0 Å². The van der Waals surface area contributed by atoms with Crippen molar-refractivity contribution in [1.82, 2.24) is 14.6 Å². The van der Waals surface area contributed by atoms with E-state index in [4.69, 9.17) is 10.1 Å². The van der Waals surface area contributed by atoms with Crippen LogP contribution in [0.1, 0.15) is 5.56 Å². The van der Waals surface area contributed by atoms with Crippen molar-refractivity contribution < 1.29 is 0 Å². The molecule has 4 heterocycles. The molecule has 0 aliphatic carbocycles. The van der Waals surface area contributed by atoms with Crippen molar-refractivity contribution in [2.45, 2.75) is 0 Å². The average Bonchev–Trinajstić information content (AvgIpc) is 3.47. The zero-order chi connectivity index (χ0) is 18.8. The Hall–Kier alpha value is -3.29. The van der Waals surface area contributed by atoms with Crippen LogP contribution in [0.15, 0.2) is 88.0 Å². The number of hydrogen-bond donors (Lipinski definition) is 1. The molecule has 0 amide bonds. The summed E-state index contributed by atoms with van der Waals surface area (Å²) in [5.74, 6) is 0. The van der Waals surface area contributed by atoms with Gasteiger partial charge >= 0.3 is 0 Å². The molecule has 5 rings (SSSR count). The van der Waals surface area contributed by atoms with Gasteiger partial charge in [-0.3, -0.25) is 4.98 Å². The molecular formula is C21H15N5S2. The molecule has 0 unspecified atom stereocenters. The lowest BCUT2D eigenvalue weighted by Gasteiger charge is -2.01. The second-order valence-corrected chi connectivity index (χ2v) is 7.83. The lowest BCUT2D eigenvalue weighted by atomic mass is 10.2. The van der Waals surface area contributed by atoms with Gasteiger partial charge in [0.25, 0.3) is 0 Å². The maximum Gasteiger partial charge on any atom is 0.211 e. The normalized spacial score (nSPS) is 12.4. The van der Waals surface area contributed by atoms with E-state index < -0.39 is 0 Å². The lowest BCUT2D eigenvalue weighted by Crippen LogP contribution is -2.11. The Labute approximate surface area is 169 Å². The van der Waals surface area contributed by atoms with Crippen LogP contribution in [0.5, 0.6) is 0 Å². The number of thiophene rings is 1. The fourth-order valence-corrected chi connectivity index (χ4v) is 4.58. The Morgan fingerprint density at radius 3 is 2.86 bits per heavy atom. The molecule has 0 radical (unpaired) electrons. The van der Waals surface area contributed by atoms with Gasteiger partial charge in [0.2, 0.25) is 4.80 Å². The van der Waals surface area contributed by atoms with Crippen molar-refractivity contribution in [2.24, 2.45) is 10.1 Å². The third-order valence-electron chi connectivity index (χ3n) is 4.26. The van der Waals surface area contributed by atoms with E-state index in [-0.39, 0.29) is 0 Å². The first-order valence-electron chi connectivity index (χ1n) is 8.68. The largest absolute Gasteiger partial charge is 0.361 e. The number of rotatable bonds is 4. The Morgan fingerprint density at radius 2 is 2.00 bits per heavy atom. The summed E-state index contributed by atoms with van der Waals surface area (Å²) in [6.45, 7) is 0. The minimum atomic E-state index is 0.799. The summed E-state index contributed by atoms with van der Waals surface area (Å²) in [6.07, 6.45) is 7.35. The summed E-state index contributed by atoms with van der Waals surface area (Å²) >= 11 is 3.25. The molecule has 1 aromatic carbocycles. The number of aromatic nitrogens is 3. The SMILES string of the molecule is C(=Nn1c(-c2cccs2)csc1=Nc1cccnc1)c1c[nH]c2ccccc12. The maximum atomic E-state index is 4.79. The first kappa shape index (κ1) is 16.9. The van der Waals surface area contributed by atoms with Crippen molar-refractivity contribution in [1.29, 1.82) is 0 Å². The van der Waals surface area contributed by atoms with E-state index in [0.717, 1.165) is 37.5 Å². The van der Waals surface area contributed by atoms with Crippen molar-refractivity contribution in [2.75, 3.05) is 0 Å². The van der Waals surface area contributed by atoms with Crippen molar-refractivity contribution in [3.8, 4) is 10.6 Å². The number of aromatic amines is 1. The molecule has 0 atom stereocenters. The number of hydrogen-bond acceptors (Lipinski definition) is 5. The number of thiazole rings is 1. The highest BCUT2D eigenvalue weighted by molar-refractivity contribution is 7.14. The molecule has 7 heteroatoms. The summed E-state index contributed by atoms with van der Waals surface area (Å²) < 4.78 is 1.89. The Balaban J connectivity index is 1.64. The maximum absolute atomic E-state index is 4.79. The minimum absolute atomic E-state index is 0.799. The molecule has 5 aromatic rings. The molecular weight excluding hydrogens is 386 g/mol. The molecule has 0 spiro atoms. The standard InChI is InChI=1S/C21H15N5S2/c1-2-7-18-17(6-1)15(11-23-18)12-24-26-19(20-8-4-10-27-20)14-28-21(26)25-16-5-3-9-22-13-16/h1-14,23H. The highest BCUT2D eigenvalue weighted by Crippen LogP contribution is 2.25. The number of H-pyrrole nitrogens is 1. The molecule has 0 aliphatic heterocycles. The quantitative estimate of drug-likeness (QED) is 0.410. The van der Waals surface area contributed by atoms with E-state index in [1.54, 1.807) is 35.1 Å². The summed E-state index contributed by atoms with van der Waals surface area (Å²) in [6, 6.07) is 16.2. The smallest absolute Gasteiger partial charge is 0.211 e. The average molecular weight is 402 g/mol. The molecule has 5 nitrogen and oxygen atoms in total. The zero-order valence-electron chi connectivity index (χ0n) is 14.7. The van der Waals surface area contributed by atoms with Gasteiger partial charge in [0.15, 0.2) is 0 Å². The molecule has 0 fully saturated rings. The summed E-state index contributed by atoms with van der Waals surface area (Å²) in [7, 11) is 0. The topological polar surface area (TPSA) is 58.3 Å². The van der Waals surface area contributed by atoms with Gasteiger partial charge in [0.05, 0.1) is 28.7 Å². The van der Waals surface area contributed by atoms with Gasteiger partial charge in [-0.1, -0.05) is 24.3 Å². The van der Waals surface area contributed by atoms with Crippen LogP contribution in [0.4, 0.5) is 5.69 Å². The third kappa shape index (κ3) is 3.21. The second kappa shape index (κ2) is 7.38. The molecule has 1 N–H and O–H groups in total. The van der Waals surface area contributed by atoms with Crippen LogP contribution in [0.2, 0.25) is 0 Å². The number of fused-ring (bicyclic) bond motifs is 1.